The van der Waals surface area contributed by atoms with Crippen LogP contribution < -0.4 is 10.6 Å². The van der Waals surface area contributed by atoms with Crippen molar-refractivity contribution in [2.45, 2.75) is 39.2 Å². The van der Waals surface area contributed by atoms with Crippen LogP contribution in [0.25, 0.3) is 11.3 Å². The van der Waals surface area contributed by atoms with E-state index >= 15 is 0 Å². The molecule has 0 spiro atoms. The van der Waals surface area contributed by atoms with Gasteiger partial charge >= 0.3 is 0 Å². The highest BCUT2D eigenvalue weighted by Crippen LogP contribution is 2.26. The third-order valence-corrected chi connectivity index (χ3v) is 5.60. The first-order chi connectivity index (χ1) is 15.1. The molecule has 0 unspecified atom stereocenters. The fraction of sp³-hybridized carbons (Fsp3) is 0.320. The van der Waals surface area contributed by atoms with Crippen LogP contribution in [0, 0.1) is 5.92 Å². The molecule has 6 nitrogen and oxygen atoms in total. The zero-order valence-electron chi connectivity index (χ0n) is 17.8. The molecule has 1 aliphatic rings. The normalized spacial score (nSPS) is 15.6. The van der Waals surface area contributed by atoms with E-state index in [1.165, 1.54) is 5.56 Å². The number of nitrogens with zero attached hydrogens (tertiary/aromatic N) is 2. The molecule has 1 fully saturated rings. The van der Waals surface area contributed by atoms with Crippen LogP contribution in [-0.2, 0) is 22.6 Å². The molecule has 0 saturated carbocycles. The monoisotopic (exact) mass is 416 g/mol. The fourth-order valence-corrected chi connectivity index (χ4v) is 3.87. The van der Waals surface area contributed by atoms with Crippen molar-refractivity contribution in [3.8, 4) is 11.3 Å². The van der Waals surface area contributed by atoms with Gasteiger partial charge in [0.25, 0.3) is 0 Å². The molecule has 0 aliphatic carbocycles. The van der Waals surface area contributed by atoms with Crippen molar-refractivity contribution in [1.29, 1.82) is 0 Å². The van der Waals surface area contributed by atoms with Gasteiger partial charge < -0.3 is 10.6 Å². The van der Waals surface area contributed by atoms with Gasteiger partial charge in [-0.1, -0.05) is 61.9 Å². The fourth-order valence-electron chi connectivity index (χ4n) is 3.87. The van der Waals surface area contributed by atoms with E-state index in [4.69, 9.17) is 0 Å². The van der Waals surface area contributed by atoms with Crippen molar-refractivity contribution >= 4 is 17.6 Å². The highest BCUT2D eigenvalue weighted by molar-refractivity contribution is 5.96. The molecule has 6 heteroatoms. The van der Waals surface area contributed by atoms with Gasteiger partial charge in [-0.3, -0.25) is 14.3 Å². The lowest BCUT2D eigenvalue weighted by atomic mass is 10.0. The summed E-state index contributed by atoms with van der Waals surface area (Å²) in [6.07, 6.45) is 3.58. The Hall–Kier alpha value is -3.41. The van der Waals surface area contributed by atoms with E-state index in [0.717, 1.165) is 36.1 Å². The van der Waals surface area contributed by atoms with E-state index in [1.54, 1.807) is 0 Å². The summed E-state index contributed by atoms with van der Waals surface area (Å²) in [6, 6.07) is 20.6. The van der Waals surface area contributed by atoms with Crippen molar-refractivity contribution in [1.82, 2.24) is 15.1 Å². The number of carbonyl (C=O) groups is 2. The smallest absolute Gasteiger partial charge is 0.230 e. The van der Waals surface area contributed by atoms with Gasteiger partial charge in [-0.05, 0) is 30.0 Å². The first-order valence-corrected chi connectivity index (χ1v) is 10.9. The Morgan fingerprint density at radius 1 is 1.13 bits per heavy atom. The predicted octanol–water partition coefficient (Wildman–Crippen LogP) is 4.02. The number of aromatic nitrogens is 2. The first-order valence-electron chi connectivity index (χ1n) is 10.9. The number of aryl methyl sites for hydroxylation is 1. The van der Waals surface area contributed by atoms with Crippen LogP contribution >= 0.6 is 0 Å². The van der Waals surface area contributed by atoms with Gasteiger partial charge in [-0.15, -0.1) is 0 Å². The maximum absolute atomic E-state index is 12.6. The first kappa shape index (κ1) is 20.8. The number of amides is 2. The van der Waals surface area contributed by atoms with Crippen molar-refractivity contribution in [3.63, 3.8) is 0 Å². The summed E-state index contributed by atoms with van der Waals surface area (Å²) < 4.78 is 1.93. The molecule has 2 heterocycles. The van der Waals surface area contributed by atoms with Crippen LogP contribution in [0.1, 0.15) is 37.3 Å². The molecule has 0 bridgehead atoms. The SMILES string of the molecule is CCCCc1cccc(-c2cc(NC(=O)[C@H]3CNC(=O)C3)nn2Cc2ccccc2)c1. The largest absolute Gasteiger partial charge is 0.355 e. The molecule has 1 atom stereocenters. The molecular weight excluding hydrogens is 388 g/mol. The highest BCUT2D eigenvalue weighted by Gasteiger charge is 2.28. The quantitative estimate of drug-likeness (QED) is 0.582. The van der Waals surface area contributed by atoms with Gasteiger partial charge in [0.15, 0.2) is 5.82 Å². The Morgan fingerprint density at radius 3 is 2.68 bits per heavy atom. The van der Waals surface area contributed by atoms with E-state index in [9.17, 15) is 9.59 Å². The molecule has 1 aromatic heterocycles. The maximum Gasteiger partial charge on any atom is 0.230 e. The number of anilines is 1. The highest BCUT2D eigenvalue weighted by atomic mass is 16.2. The number of unbranched alkanes of at least 4 members (excludes halogenated alkanes) is 1. The second kappa shape index (κ2) is 9.60. The van der Waals surface area contributed by atoms with Gasteiger partial charge in [0.05, 0.1) is 18.2 Å². The number of hydrogen-bond acceptors (Lipinski definition) is 3. The Labute approximate surface area is 182 Å². The lowest BCUT2D eigenvalue weighted by Crippen LogP contribution is -2.25. The molecule has 2 aromatic carbocycles. The average Bonchev–Trinajstić information content (AvgIpc) is 3.39. The molecule has 4 rings (SSSR count). The number of hydrogen-bond donors (Lipinski definition) is 2. The summed E-state index contributed by atoms with van der Waals surface area (Å²) >= 11 is 0. The second-order valence-electron chi connectivity index (χ2n) is 8.06. The number of carbonyl (C=O) groups excluding carboxylic acids is 2. The molecule has 0 radical (unpaired) electrons. The van der Waals surface area contributed by atoms with Crippen LogP contribution in [0.4, 0.5) is 5.82 Å². The van der Waals surface area contributed by atoms with Gasteiger partial charge in [0, 0.05) is 24.6 Å². The van der Waals surface area contributed by atoms with E-state index in [0.29, 0.717) is 18.9 Å². The summed E-state index contributed by atoms with van der Waals surface area (Å²) in [5, 5.41) is 10.3. The van der Waals surface area contributed by atoms with E-state index in [-0.39, 0.29) is 24.2 Å². The summed E-state index contributed by atoms with van der Waals surface area (Å²) in [5.74, 6) is -0.105. The van der Waals surface area contributed by atoms with E-state index < -0.39 is 0 Å². The second-order valence-corrected chi connectivity index (χ2v) is 8.06. The van der Waals surface area contributed by atoms with Crippen LogP contribution in [0.5, 0.6) is 0 Å². The van der Waals surface area contributed by atoms with Gasteiger partial charge in [-0.25, -0.2) is 0 Å². The summed E-state index contributed by atoms with van der Waals surface area (Å²) in [6.45, 7) is 3.18. The minimum Gasteiger partial charge on any atom is -0.355 e. The predicted molar refractivity (Wildman–Crippen MR) is 122 cm³/mol. The number of nitrogens with one attached hydrogen (secondary N) is 2. The van der Waals surface area contributed by atoms with Crippen LogP contribution in [0.3, 0.4) is 0 Å². The molecule has 3 aromatic rings. The minimum absolute atomic E-state index is 0.0839. The lowest BCUT2D eigenvalue weighted by Gasteiger charge is -2.09. The topological polar surface area (TPSA) is 76.0 Å². The molecule has 2 N–H and O–H groups in total. The van der Waals surface area contributed by atoms with Gasteiger partial charge in [0.1, 0.15) is 0 Å². The molecular formula is C25H28N4O2. The Morgan fingerprint density at radius 2 is 1.94 bits per heavy atom. The zero-order chi connectivity index (χ0) is 21.6. The third kappa shape index (κ3) is 5.20. The van der Waals surface area contributed by atoms with Gasteiger partial charge in [-0.2, -0.15) is 5.10 Å². The van der Waals surface area contributed by atoms with Gasteiger partial charge in [0.2, 0.25) is 11.8 Å². The summed E-state index contributed by atoms with van der Waals surface area (Å²) in [4.78, 5) is 24.0. The standard InChI is InChI=1S/C25H28N4O2/c1-2-3-8-18-11-7-12-20(13-18)22-15-23(27-25(31)21-14-24(30)26-16-21)28-29(22)17-19-9-5-4-6-10-19/h4-7,9-13,15,21H,2-3,8,14,16-17H2,1H3,(H,26,30)(H,27,28,31)/t21-/m1/s1. The van der Waals surface area contributed by atoms with Crippen LogP contribution in [0.2, 0.25) is 0 Å². The summed E-state index contributed by atoms with van der Waals surface area (Å²) in [7, 11) is 0. The van der Waals surface area contributed by atoms with Crippen LogP contribution in [0.15, 0.2) is 60.7 Å². The molecule has 31 heavy (non-hydrogen) atoms. The molecule has 2 amide bonds. The number of rotatable bonds is 8. The molecule has 160 valence electrons. The van der Waals surface area contributed by atoms with Crippen molar-refractivity contribution in [2.24, 2.45) is 5.92 Å². The maximum atomic E-state index is 12.6. The number of benzene rings is 2. The van der Waals surface area contributed by atoms with E-state index in [2.05, 4.69) is 59.1 Å². The Kier molecular flexibility index (Phi) is 6.46. The third-order valence-electron chi connectivity index (χ3n) is 5.60. The van der Waals surface area contributed by atoms with Crippen molar-refractivity contribution in [3.05, 3.63) is 71.8 Å². The Bertz CT molecular complexity index is 1060. The Balaban J connectivity index is 1.62. The van der Waals surface area contributed by atoms with Crippen molar-refractivity contribution < 1.29 is 9.59 Å². The van der Waals surface area contributed by atoms with Crippen LogP contribution in [-0.4, -0.2) is 28.1 Å². The zero-order valence-corrected chi connectivity index (χ0v) is 17.8. The molecule has 1 aliphatic heterocycles. The van der Waals surface area contributed by atoms with E-state index in [1.807, 2.05) is 28.9 Å². The lowest BCUT2D eigenvalue weighted by molar-refractivity contribution is -0.123. The van der Waals surface area contributed by atoms with Crippen molar-refractivity contribution in [2.75, 3.05) is 11.9 Å². The summed E-state index contributed by atoms with van der Waals surface area (Å²) in [5.41, 5.74) is 4.47. The molecule has 1 saturated heterocycles. The minimum atomic E-state index is -0.354. The average molecular weight is 417 g/mol.